The fourth-order valence-corrected chi connectivity index (χ4v) is 2.34. The summed E-state index contributed by atoms with van der Waals surface area (Å²) in [7, 11) is -1.88. The van der Waals surface area contributed by atoms with Gasteiger partial charge in [-0.2, -0.15) is 0 Å². The third-order valence-corrected chi connectivity index (χ3v) is 4.75. The van der Waals surface area contributed by atoms with Crippen LogP contribution in [0.4, 0.5) is 11.5 Å². The molecule has 16 heavy (non-hydrogen) atoms. The van der Waals surface area contributed by atoms with Crippen molar-refractivity contribution in [3.05, 3.63) is 18.3 Å². The van der Waals surface area contributed by atoms with Gasteiger partial charge in [0.05, 0.1) is 16.6 Å². The SMILES string of the molecule is CN(c1ccc(N)nc1)S(=O)(=O)C(C)(C)C. The lowest BCUT2D eigenvalue weighted by Crippen LogP contribution is -2.40. The van der Waals surface area contributed by atoms with Gasteiger partial charge in [0.1, 0.15) is 5.82 Å². The number of nitrogens with two attached hydrogens (primary N) is 1. The zero-order valence-corrected chi connectivity index (χ0v) is 10.7. The molecule has 0 aliphatic heterocycles. The second-order valence-corrected chi connectivity index (χ2v) is 7.25. The van der Waals surface area contributed by atoms with E-state index in [0.717, 1.165) is 0 Å². The molecule has 0 amide bonds. The van der Waals surface area contributed by atoms with Crippen LogP contribution in [-0.4, -0.2) is 25.2 Å². The highest BCUT2D eigenvalue weighted by atomic mass is 32.2. The summed E-state index contributed by atoms with van der Waals surface area (Å²) in [6.07, 6.45) is 1.44. The van der Waals surface area contributed by atoms with Crippen molar-refractivity contribution in [1.82, 2.24) is 4.98 Å². The van der Waals surface area contributed by atoms with Crippen LogP contribution >= 0.6 is 0 Å². The van der Waals surface area contributed by atoms with Gasteiger partial charge in [-0.3, -0.25) is 4.31 Å². The van der Waals surface area contributed by atoms with E-state index in [1.807, 2.05) is 0 Å². The van der Waals surface area contributed by atoms with E-state index in [0.29, 0.717) is 11.5 Å². The van der Waals surface area contributed by atoms with E-state index in [-0.39, 0.29) is 0 Å². The summed E-state index contributed by atoms with van der Waals surface area (Å²) >= 11 is 0. The second kappa shape index (κ2) is 3.93. The van der Waals surface area contributed by atoms with E-state index < -0.39 is 14.8 Å². The molecule has 6 heteroatoms. The van der Waals surface area contributed by atoms with E-state index in [2.05, 4.69) is 4.98 Å². The fourth-order valence-electron chi connectivity index (χ4n) is 1.13. The molecule has 0 spiro atoms. The lowest BCUT2D eigenvalue weighted by molar-refractivity contribution is 0.558. The van der Waals surface area contributed by atoms with Gasteiger partial charge in [-0.05, 0) is 32.9 Å². The van der Waals surface area contributed by atoms with Crippen LogP contribution in [0, 0.1) is 0 Å². The van der Waals surface area contributed by atoms with E-state index in [1.54, 1.807) is 32.9 Å². The molecule has 0 atom stereocenters. The molecule has 1 aromatic heterocycles. The summed E-state index contributed by atoms with van der Waals surface area (Å²) < 4.78 is 24.6. The molecule has 1 heterocycles. The van der Waals surface area contributed by atoms with Gasteiger partial charge < -0.3 is 5.73 Å². The maximum absolute atomic E-state index is 12.1. The zero-order valence-electron chi connectivity index (χ0n) is 9.93. The number of aromatic nitrogens is 1. The van der Waals surface area contributed by atoms with Crippen LogP contribution in [-0.2, 0) is 10.0 Å². The maximum Gasteiger partial charge on any atom is 0.239 e. The molecule has 0 aliphatic rings. The quantitative estimate of drug-likeness (QED) is 0.847. The molecule has 0 aliphatic carbocycles. The third-order valence-electron chi connectivity index (χ3n) is 2.27. The minimum atomic E-state index is -3.39. The molecule has 0 bridgehead atoms. The average Bonchev–Trinajstić information content (AvgIpc) is 2.16. The van der Waals surface area contributed by atoms with Crippen molar-refractivity contribution in [2.75, 3.05) is 17.1 Å². The average molecular weight is 243 g/mol. The number of hydrogen-bond acceptors (Lipinski definition) is 4. The number of pyridine rings is 1. The Morgan fingerprint density at radius 3 is 2.25 bits per heavy atom. The molecule has 1 rings (SSSR count). The standard InChI is InChI=1S/C10H17N3O2S/c1-10(2,3)16(14,15)13(4)8-5-6-9(11)12-7-8/h5-7H,1-4H3,(H2,11,12). The normalized spacial score (nSPS) is 12.5. The summed E-state index contributed by atoms with van der Waals surface area (Å²) in [6, 6.07) is 3.20. The van der Waals surface area contributed by atoms with E-state index in [1.165, 1.54) is 17.5 Å². The van der Waals surface area contributed by atoms with Crippen molar-refractivity contribution in [2.45, 2.75) is 25.5 Å². The van der Waals surface area contributed by atoms with Crippen LogP contribution in [0.25, 0.3) is 0 Å². The molecule has 0 fully saturated rings. The Kier molecular flexibility index (Phi) is 3.14. The Bertz CT molecular complexity index is 460. The van der Waals surface area contributed by atoms with Crippen molar-refractivity contribution in [3.63, 3.8) is 0 Å². The number of hydrogen-bond donors (Lipinski definition) is 1. The van der Waals surface area contributed by atoms with Crippen LogP contribution in [0.2, 0.25) is 0 Å². The number of nitrogens with zero attached hydrogens (tertiary/aromatic N) is 2. The summed E-state index contributed by atoms with van der Waals surface area (Å²) in [5, 5.41) is 0. The van der Waals surface area contributed by atoms with Gasteiger partial charge >= 0.3 is 0 Å². The molecule has 5 nitrogen and oxygen atoms in total. The summed E-state index contributed by atoms with van der Waals surface area (Å²) in [4.78, 5) is 3.87. The Hall–Kier alpha value is -1.30. The Morgan fingerprint density at radius 2 is 1.88 bits per heavy atom. The van der Waals surface area contributed by atoms with Crippen molar-refractivity contribution in [3.8, 4) is 0 Å². The van der Waals surface area contributed by atoms with E-state index in [9.17, 15) is 8.42 Å². The number of nitrogen functional groups attached to an aromatic ring is 1. The van der Waals surface area contributed by atoms with Crippen LogP contribution in [0.15, 0.2) is 18.3 Å². The topological polar surface area (TPSA) is 76.3 Å². The van der Waals surface area contributed by atoms with Crippen LogP contribution in [0.1, 0.15) is 20.8 Å². The first-order chi connectivity index (χ1) is 7.16. The van der Waals surface area contributed by atoms with E-state index >= 15 is 0 Å². The Labute approximate surface area is 96.3 Å². The molecule has 0 saturated carbocycles. The molecular weight excluding hydrogens is 226 g/mol. The van der Waals surface area contributed by atoms with Crippen LogP contribution in [0.5, 0.6) is 0 Å². The van der Waals surface area contributed by atoms with Gasteiger partial charge in [-0.15, -0.1) is 0 Å². The van der Waals surface area contributed by atoms with Crippen molar-refractivity contribution >= 4 is 21.5 Å². The predicted molar refractivity (Wildman–Crippen MR) is 65.7 cm³/mol. The highest BCUT2D eigenvalue weighted by Crippen LogP contribution is 2.24. The lowest BCUT2D eigenvalue weighted by atomic mass is 10.3. The first-order valence-corrected chi connectivity index (χ1v) is 6.30. The first-order valence-electron chi connectivity index (χ1n) is 4.86. The van der Waals surface area contributed by atoms with Crippen molar-refractivity contribution in [1.29, 1.82) is 0 Å². The van der Waals surface area contributed by atoms with Crippen LogP contribution in [0.3, 0.4) is 0 Å². The largest absolute Gasteiger partial charge is 0.384 e. The minimum absolute atomic E-state index is 0.366. The van der Waals surface area contributed by atoms with Gasteiger partial charge in [0.25, 0.3) is 0 Å². The zero-order chi connectivity index (χ0) is 12.6. The van der Waals surface area contributed by atoms with Gasteiger partial charge in [0, 0.05) is 7.05 Å². The number of anilines is 2. The number of sulfonamides is 1. The molecular formula is C10H17N3O2S. The van der Waals surface area contributed by atoms with Gasteiger partial charge in [-0.1, -0.05) is 0 Å². The molecule has 2 N–H and O–H groups in total. The predicted octanol–water partition coefficient (Wildman–Crippen LogP) is 1.23. The third kappa shape index (κ3) is 2.27. The maximum atomic E-state index is 12.1. The van der Waals surface area contributed by atoms with Crippen molar-refractivity contribution < 1.29 is 8.42 Å². The first kappa shape index (κ1) is 12.8. The van der Waals surface area contributed by atoms with E-state index in [4.69, 9.17) is 5.73 Å². The summed E-state index contributed by atoms with van der Waals surface area (Å²) in [6.45, 7) is 4.97. The second-order valence-electron chi connectivity index (χ2n) is 4.53. The molecule has 0 unspecified atom stereocenters. The molecule has 0 aromatic carbocycles. The van der Waals surface area contributed by atoms with Gasteiger partial charge in [0.15, 0.2) is 0 Å². The fraction of sp³-hybridized carbons (Fsp3) is 0.500. The highest BCUT2D eigenvalue weighted by molar-refractivity contribution is 7.94. The monoisotopic (exact) mass is 243 g/mol. The Morgan fingerprint density at radius 1 is 1.31 bits per heavy atom. The van der Waals surface area contributed by atoms with Gasteiger partial charge in [0.2, 0.25) is 10.0 Å². The minimum Gasteiger partial charge on any atom is -0.384 e. The molecule has 1 aromatic rings. The molecule has 0 saturated heterocycles. The van der Waals surface area contributed by atoms with Crippen LogP contribution < -0.4 is 10.0 Å². The van der Waals surface area contributed by atoms with Crippen molar-refractivity contribution in [2.24, 2.45) is 0 Å². The lowest BCUT2D eigenvalue weighted by Gasteiger charge is -2.28. The highest BCUT2D eigenvalue weighted by Gasteiger charge is 2.33. The summed E-state index contributed by atoms with van der Waals surface area (Å²) in [5.74, 6) is 0.366. The summed E-state index contributed by atoms with van der Waals surface area (Å²) in [5.41, 5.74) is 5.95. The molecule has 0 radical (unpaired) electrons. The Balaban J connectivity index is 3.13. The van der Waals surface area contributed by atoms with Gasteiger partial charge in [-0.25, -0.2) is 13.4 Å². The smallest absolute Gasteiger partial charge is 0.239 e. The molecule has 90 valence electrons. The number of rotatable bonds is 2.